The molecule has 1 amide bonds. The minimum absolute atomic E-state index is 0.111. The maximum atomic E-state index is 12.3. The average molecular weight is 328 g/mol. The molecule has 128 valence electrons. The highest BCUT2D eigenvalue weighted by atomic mass is 16.2. The molecule has 0 aromatic carbocycles. The standard InChI is InChI=1S/C17H24N6O/c1-13(2)17-19-14(3)11-15(20-17)21-7-9-22(10-8-21)16(24)12-23-6-4-5-18-23/h4-6,11,13H,7-10,12H2,1-3H3. The second-order valence-electron chi connectivity index (χ2n) is 6.45. The van der Waals surface area contributed by atoms with Crippen molar-refractivity contribution in [1.82, 2.24) is 24.6 Å². The van der Waals surface area contributed by atoms with Gasteiger partial charge in [-0.05, 0) is 13.0 Å². The van der Waals surface area contributed by atoms with E-state index in [-0.39, 0.29) is 5.91 Å². The molecule has 0 aliphatic carbocycles. The summed E-state index contributed by atoms with van der Waals surface area (Å²) in [6.45, 7) is 9.50. The van der Waals surface area contributed by atoms with E-state index in [2.05, 4.69) is 33.8 Å². The lowest BCUT2D eigenvalue weighted by atomic mass is 10.2. The minimum Gasteiger partial charge on any atom is -0.353 e. The van der Waals surface area contributed by atoms with Crippen LogP contribution in [-0.4, -0.2) is 56.7 Å². The molecule has 1 aliphatic rings. The van der Waals surface area contributed by atoms with Crippen molar-refractivity contribution in [3.63, 3.8) is 0 Å². The van der Waals surface area contributed by atoms with Crippen LogP contribution >= 0.6 is 0 Å². The lowest BCUT2D eigenvalue weighted by molar-refractivity contribution is -0.132. The smallest absolute Gasteiger partial charge is 0.244 e. The van der Waals surface area contributed by atoms with Crippen molar-refractivity contribution in [2.45, 2.75) is 33.2 Å². The Morgan fingerprint density at radius 1 is 1.21 bits per heavy atom. The Morgan fingerprint density at radius 3 is 2.58 bits per heavy atom. The Labute approximate surface area is 142 Å². The van der Waals surface area contributed by atoms with Crippen LogP contribution in [0.1, 0.15) is 31.3 Å². The van der Waals surface area contributed by atoms with Crippen LogP contribution < -0.4 is 4.90 Å². The number of hydrogen-bond acceptors (Lipinski definition) is 5. The molecular weight excluding hydrogens is 304 g/mol. The molecule has 0 unspecified atom stereocenters. The molecule has 0 radical (unpaired) electrons. The summed E-state index contributed by atoms with van der Waals surface area (Å²) in [4.78, 5) is 25.6. The van der Waals surface area contributed by atoms with E-state index in [0.29, 0.717) is 25.6 Å². The summed E-state index contributed by atoms with van der Waals surface area (Å²) in [6, 6.07) is 3.85. The van der Waals surface area contributed by atoms with Crippen LogP contribution in [0, 0.1) is 6.92 Å². The fourth-order valence-corrected chi connectivity index (χ4v) is 2.81. The molecule has 3 rings (SSSR count). The molecule has 1 aliphatic heterocycles. The predicted octanol–water partition coefficient (Wildman–Crippen LogP) is 1.45. The van der Waals surface area contributed by atoms with E-state index in [1.807, 2.05) is 30.2 Å². The van der Waals surface area contributed by atoms with Crippen LogP contribution in [0.15, 0.2) is 24.5 Å². The number of aryl methyl sites for hydroxylation is 1. The minimum atomic E-state index is 0.111. The van der Waals surface area contributed by atoms with Gasteiger partial charge in [-0.2, -0.15) is 5.10 Å². The van der Waals surface area contributed by atoms with Crippen molar-refractivity contribution in [2.24, 2.45) is 0 Å². The summed E-state index contributed by atoms with van der Waals surface area (Å²) < 4.78 is 1.66. The molecule has 0 atom stereocenters. The van der Waals surface area contributed by atoms with Gasteiger partial charge in [0.25, 0.3) is 0 Å². The van der Waals surface area contributed by atoms with E-state index >= 15 is 0 Å². The van der Waals surface area contributed by atoms with Gasteiger partial charge in [-0.15, -0.1) is 0 Å². The van der Waals surface area contributed by atoms with Crippen LogP contribution in [0.25, 0.3) is 0 Å². The van der Waals surface area contributed by atoms with Crippen LogP contribution in [-0.2, 0) is 11.3 Å². The summed E-state index contributed by atoms with van der Waals surface area (Å²) in [5.41, 5.74) is 0.987. The van der Waals surface area contributed by atoms with E-state index in [0.717, 1.165) is 30.4 Å². The van der Waals surface area contributed by atoms with Gasteiger partial charge in [0, 0.05) is 56.3 Å². The molecule has 0 spiro atoms. The maximum Gasteiger partial charge on any atom is 0.244 e. The molecule has 1 fully saturated rings. The SMILES string of the molecule is Cc1cc(N2CCN(C(=O)Cn3cccn3)CC2)nc(C(C)C)n1. The lowest BCUT2D eigenvalue weighted by Gasteiger charge is -2.35. The van der Waals surface area contributed by atoms with Gasteiger partial charge in [-0.1, -0.05) is 13.8 Å². The number of rotatable bonds is 4. The van der Waals surface area contributed by atoms with E-state index in [1.54, 1.807) is 10.9 Å². The highest BCUT2D eigenvalue weighted by molar-refractivity contribution is 5.76. The molecule has 3 heterocycles. The third-order valence-corrected chi connectivity index (χ3v) is 4.19. The highest BCUT2D eigenvalue weighted by Gasteiger charge is 2.22. The molecule has 2 aromatic heterocycles. The summed E-state index contributed by atoms with van der Waals surface area (Å²) >= 11 is 0. The molecule has 0 saturated carbocycles. The van der Waals surface area contributed by atoms with E-state index in [1.165, 1.54) is 0 Å². The third kappa shape index (κ3) is 3.72. The van der Waals surface area contributed by atoms with Crippen LogP contribution in [0.3, 0.4) is 0 Å². The van der Waals surface area contributed by atoms with Gasteiger partial charge >= 0.3 is 0 Å². The Morgan fingerprint density at radius 2 is 1.96 bits per heavy atom. The maximum absolute atomic E-state index is 12.3. The Kier molecular flexibility index (Phi) is 4.78. The van der Waals surface area contributed by atoms with Crippen LogP contribution in [0.2, 0.25) is 0 Å². The Hall–Kier alpha value is -2.44. The normalized spacial score (nSPS) is 15.2. The molecule has 7 nitrogen and oxygen atoms in total. The lowest BCUT2D eigenvalue weighted by Crippen LogP contribution is -2.50. The number of amides is 1. The molecule has 0 N–H and O–H groups in total. The van der Waals surface area contributed by atoms with Gasteiger partial charge in [0.1, 0.15) is 18.2 Å². The zero-order chi connectivity index (χ0) is 17.1. The summed E-state index contributed by atoms with van der Waals surface area (Å²) in [5, 5.41) is 4.09. The Balaban J connectivity index is 1.61. The number of nitrogens with zero attached hydrogens (tertiary/aromatic N) is 6. The Bertz CT molecular complexity index is 689. The third-order valence-electron chi connectivity index (χ3n) is 4.19. The zero-order valence-electron chi connectivity index (χ0n) is 14.5. The van der Waals surface area contributed by atoms with E-state index in [9.17, 15) is 4.79 Å². The molecule has 7 heteroatoms. The van der Waals surface area contributed by atoms with Crippen molar-refractivity contribution < 1.29 is 4.79 Å². The number of piperazine rings is 1. The number of carbonyl (C=O) groups excluding carboxylic acids is 1. The number of aromatic nitrogens is 4. The van der Waals surface area contributed by atoms with Gasteiger partial charge < -0.3 is 9.80 Å². The van der Waals surface area contributed by atoms with Crippen molar-refractivity contribution in [1.29, 1.82) is 0 Å². The fourth-order valence-electron chi connectivity index (χ4n) is 2.81. The van der Waals surface area contributed by atoms with Crippen molar-refractivity contribution in [3.8, 4) is 0 Å². The predicted molar refractivity (Wildman–Crippen MR) is 91.9 cm³/mol. The molecule has 2 aromatic rings. The van der Waals surface area contributed by atoms with Crippen LogP contribution in [0.5, 0.6) is 0 Å². The largest absolute Gasteiger partial charge is 0.353 e. The molecular formula is C17H24N6O. The van der Waals surface area contributed by atoms with Gasteiger partial charge in [-0.25, -0.2) is 9.97 Å². The van der Waals surface area contributed by atoms with Gasteiger partial charge in [-0.3, -0.25) is 9.48 Å². The molecule has 24 heavy (non-hydrogen) atoms. The zero-order valence-corrected chi connectivity index (χ0v) is 14.5. The number of anilines is 1. The highest BCUT2D eigenvalue weighted by Crippen LogP contribution is 2.18. The second kappa shape index (κ2) is 6.98. The summed E-state index contributed by atoms with van der Waals surface area (Å²) in [5.74, 6) is 2.26. The first kappa shape index (κ1) is 16.4. The first-order valence-corrected chi connectivity index (χ1v) is 8.38. The van der Waals surface area contributed by atoms with E-state index < -0.39 is 0 Å². The second-order valence-corrected chi connectivity index (χ2v) is 6.45. The number of hydrogen-bond donors (Lipinski definition) is 0. The van der Waals surface area contributed by atoms with Crippen molar-refractivity contribution >= 4 is 11.7 Å². The molecule has 0 bridgehead atoms. The van der Waals surface area contributed by atoms with Crippen LogP contribution in [0.4, 0.5) is 5.82 Å². The van der Waals surface area contributed by atoms with Gasteiger partial charge in [0.15, 0.2) is 0 Å². The summed E-state index contributed by atoms with van der Waals surface area (Å²) in [6.07, 6.45) is 3.50. The van der Waals surface area contributed by atoms with E-state index in [4.69, 9.17) is 0 Å². The average Bonchev–Trinajstić information content (AvgIpc) is 3.07. The van der Waals surface area contributed by atoms with Gasteiger partial charge in [0.05, 0.1) is 0 Å². The topological polar surface area (TPSA) is 67.2 Å². The fraction of sp³-hybridized carbons (Fsp3) is 0.529. The quantitative estimate of drug-likeness (QED) is 0.850. The first-order valence-electron chi connectivity index (χ1n) is 8.38. The monoisotopic (exact) mass is 328 g/mol. The first-order chi connectivity index (χ1) is 11.5. The van der Waals surface area contributed by atoms with Crippen molar-refractivity contribution in [3.05, 3.63) is 36.0 Å². The number of carbonyl (C=O) groups is 1. The molecule has 1 saturated heterocycles. The summed E-state index contributed by atoms with van der Waals surface area (Å²) in [7, 11) is 0. The van der Waals surface area contributed by atoms with Crippen molar-refractivity contribution in [2.75, 3.05) is 31.1 Å². The van der Waals surface area contributed by atoms with Gasteiger partial charge in [0.2, 0.25) is 5.91 Å².